The van der Waals surface area contributed by atoms with Gasteiger partial charge in [0.1, 0.15) is 0 Å². The Morgan fingerprint density at radius 3 is 2.46 bits per heavy atom. The van der Waals surface area contributed by atoms with Gasteiger partial charge in [0, 0.05) is 23.1 Å². The molecule has 2 heterocycles. The van der Waals surface area contributed by atoms with E-state index in [1.165, 1.54) is 5.56 Å². The summed E-state index contributed by atoms with van der Waals surface area (Å²) in [7, 11) is 0. The lowest BCUT2D eigenvalue weighted by atomic mass is 10.1. The van der Waals surface area contributed by atoms with Gasteiger partial charge in [-0.2, -0.15) is 0 Å². The molecule has 5 rings (SSSR count). The highest BCUT2D eigenvalue weighted by molar-refractivity contribution is 5.94. The van der Waals surface area contributed by atoms with Crippen LogP contribution in [0.5, 0.6) is 0 Å². The van der Waals surface area contributed by atoms with Crippen molar-refractivity contribution < 1.29 is 9.53 Å². The Morgan fingerprint density at radius 2 is 1.58 bits per heavy atom. The van der Waals surface area contributed by atoms with Crippen LogP contribution in [-0.4, -0.2) is 10.5 Å². The number of cyclic esters (lactones) is 1. The molecular formula is C23H17NO2. The van der Waals surface area contributed by atoms with Crippen LogP contribution >= 0.6 is 0 Å². The Labute approximate surface area is 151 Å². The topological polar surface area (TPSA) is 31.2 Å². The summed E-state index contributed by atoms with van der Waals surface area (Å²) in [6, 6.07) is 28.4. The molecule has 0 amide bonds. The number of hydrogen-bond acceptors (Lipinski definition) is 2. The average Bonchev–Trinajstić information content (AvgIpc) is 3.20. The predicted octanol–water partition coefficient (Wildman–Crippen LogP) is 4.95. The van der Waals surface area contributed by atoms with E-state index < -0.39 is 6.23 Å². The third kappa shape index (κ3) is 2.32. The fourth-order valence-electron chi connectivity index (χ4n) is 3.77. The summed E-state index contributed by atoms with van der Waals surface area (Å²) in [4.78, 5) is 12.3. The number of para-hydroxylation sites is 1. The third-order valence-electron chi connectivity index (χ3n) is 4.96. The van der Waals surface area contributed by atoms with Crippen LogP contribution < -0.4 is 0 Å². The Kier molecular flexibility index (Phi) is 3.39. The molecule has 1 aliphatic heterocycles. The third-order valence-corrected chi connectivity index (χ3v) is 4.96. The monoisotopic (exact) mass is 339 g/mol. The van der Waals surface area contributed by atoms with Crippen LogP contribution in [0.2, 0.25) is 0 Å². The highest BCUT2D eigenvalue weighted by Gasteiger charge is 2.33. The van der Waals surface area contributed by atoms with E-state index in [1.807, 2.05) is 54.6 Å². The Hall–Kier alpha value is -3.33. The summed E-state index contributed by atoms with van der Waals surface area (Å²) in [6.07, 6.45) is 0.364. The number of hydrogen-bond donors (Lipinski definition) is 0. The van der Waals surface area contributed by atoms with Gasteiger partial charge in [-0.1, -0.05) is 66.7 Å². The normalized spacial score (nSPS) is 15.8. The number of aromatic nitrogens is 1. The second-order valence-corrected chi connectivity index (χ2v) is 6.57. The number of carbonyl (C=O) groups is 1. The Balaban J connectivity index is 1.70. The fourth-order valence-corrected chi connectivity index (χ4v) is 3.77. The SMILES string of the molecule is O=C1OC(n2c(Cc3ccccc3)cc3ccccc32)c2ccccc21. The maximum absolute atomic E-state index is 12.3. The first kappa shape index (κ1) is 15.0. The lowest BCUT2D eigenvalue weighted by Crippen LogP contribution is -2.13. The number of carbonyl (C=O) groups excluding carboxylic acids is 1. The standard InChI is InChI=1S/C23H17NO2/c25-23-20-12-6-5-11-19(20)22(26-23)24-18(14-16-8-2-1-3-9-16)15-17-10-4-7-13-21(17)24/h1-13,15,22H,14H2. The van der Waals surface area contributed by atoms with E-state index >= 15 is 0 Å². The second-order valence-electron chi connectivity index (χ2n) is 6.57. The molecule has 1 unspecified atom stereocenters. The van der Waals surface area contributed by atoms with Crippen molar-refractivity contribution in [3.63, 3.8) is 0 Å². The molecule has 0 bridgehead atoms. The molecule has 0 spiro atoms. The molecule has 126 valence electrons. The summed E-state index contributed by atoms with van der Waals surface area (Å²) >= 11 is 0. The van der Waals surface area contributed by atoms with Crippen molar-refractivity contribution in [3.05, 3.63) is 107 Å². The second kappa shape index (κ2) is 5.88. The van der Waals surface area contributed by atoms with Gasteiger partial charge in [-0.05, 0) is 23.8 Å². The van der Waals surface area contributed by atoms with Crippen molar-refractivity contribution in [2.45, 2.75) is 12.6 Å². The minimum absolute atomic E-state index is 0.256. The zero-order valence-electron chi connectivity index (χ0n) is 14.1. The van der Waals surface area contributed by atoms with Gasteiger partial charge >= 0.3 is 5.97 Å². The molecule has 26 heavy (non-hydrogen) atoms. The maximum Gasteiger partial charge on any atom is 0.340 e. The molecule has 3 heteroatoms. The van der Waals surface area contributed by atoms with Gasteiger partial charge in [-0.25, -0.2) is 4.79 Å². The highest BCUT2D eigenvalue weighted by atomic mass is 16.6. The largest absolute Gasteiger partial charge is 0.433 e. The molecule has 0 radical (unpaired) electrons. The minimum Gasteiger partial charge on any atom is -0.433 e. The van der Waals surface area contributed by atoms with Crippen molar-refractivity contribution in [2.75, 3.05) is 0 Å². The lowest BCUT2D eigenvalue weighted by Gasteiger charge is -2.18. The van der Waals surface area contributed by atoms with Crippen LogP contribution in [-0.2, 0) is 11.2 Å². The van der Waals surface area contributed by atoms with E-state index in [-0.39, 0.29) is 5.97 Å². The van der Waals surface area contributed by atoms with E-state index in [9.17, 15) is 4.79 Å². The number of fused-ring (bicyclic) bond motifs is 2. The van der Waals surface area contributed by atoms with Gasteiger partial charge in [0.05, 0.1) is 11.1 Å². The van der Waals surface area contributed by atoms with Gasteiger partial charge in [-0.3, -0.25) is 0 Å². The number of benzene rings is 3. The first-order valence-electron chi connectivity index (χ1n) is 8.74. The van der Waals surface area contributed by atoms with Crippen LogP contribution in [0.1, 0.15) is 33.4 Å². The van der Waals surface area contributed by atoms with Crippen LogP contribution in [0.15, 0.2) is 84.9 Å². The number of rotatable bonds is 3. The molecule has 0 saturated carbocycles. The van der Waals surface area contributed by atoms with Crippen molar-refractivity contribution in [1.29, 1.82) is 0 Å². The summed E-state index contributed by atoms with van der Waals surface area (Å²) < 4.78 is 7.95. The van der Waals surface area contributed by atoms with Crippen LogP contribution in [0.25, 0.3) is 10.9 Å². The molecule has 0 saturated heterocycles. The quantitative estimate of drug-likeness (QED) is 0.495. The van der Waals surface area contributed by atoms with E-state index in [1.54, 1.807) is 0 Å². The summed E-state index contributed by atoms with van der Waals surface area (Å²) in [6.45, 7) is 0. The van der Waals surface area contributed by atoms with Crippen molar-refractivity contribution in [3.8, 4) is 0 Å². The van der Waals surface area contributed by atoms with Gasteiger partial charge in [-0.15, -0.1) is 0 Å². The zero-order valence-corrected chi connectivity index (χ0v) is 14.1. The zero-order chi connectivity index (χ0) is 17.5. The van der Waals surface area contributed by atoms with Crippen LogP contribution in [0.4, 0.5) is 0 Å². The summed E-state index contributed by atoms with van der Waals surface area (Å²) in [5.74, 6) is -0.256. The summed E-state index contributed by atoms with van der Waals surface area (Å²) in [5.41, 5.74) is 5.02. The molecule has 0 aliphatic carbocycles. The lowest BCUT2D eigenvalue weighted by molar-refractivity contribution is 0.0327. The van der Waals surface area contributed by atoms with Crippen LogP contribution in [0.3, 0.4) is 0 Å². The van der Waals surface area contributed by atoms with Crippen LogP contribution in [0, 0.1) is 0 Å². The van der Waals surface area contributed by atoms with Crippen molar-refractivity contribution in [2.24, 2.45) is 0 Å². The minimum atomic E-state index is -0.419. The van der Waals surface area contributed by atoms with Gasteiger partial charge < -0.3 is 9.30 Å². The molecule has 3 aromatic carbocycles. The molecule has 1 atom stereocenters. The Morgan fingerprint density at radius 1 is 0.846 bits per heavy atom. The summed E-state index contributed by atoms with van der Waals surface area (Å²) in [5, 5.41) is 1.15. The highest BCUT2D eigenvalue weighted by Crippen LogP contribution is 2.36. The van der Waals surface area contributed by atoms with E-state index in [4.69, 9.17) is 4.74 Å². The smallest absolute Gasteiger partial charge is 0.340 e. The molecule has 0 fully saturated rings. The first-order chi connectivity index (χ1) is 12.8. The van der Waals surface area contributed by atoms with E-state index in [0.717, 1.165) is 28.6 Å². The van der Waals surface area contributed by atoms with Crippen molar-refractivity contribution >= 4 is 16.9 Å². The number of nitrogens with zero attached hydrogens (tertiary/aromatic N) is 1. The van der Waals surface area contributed by atoms with Crippen molar-refractivity contribution in [1.82, 2.24) is 4.57 Å². The Bertz CT molecular complexity index is 1110. The molecule has 4 aromatic rings. The van der Waals surface area contributed by atoms with E-state index in [0.29, 0.717) is 5.56 Å². The molecule has 1 aromatic heterocycles. The predicted molar refractivity (Wildman–Crippen MR) is 101 cm³/mol. The fraction of sp³-hybridized carbons (Fsp3) is 0.0870. The average molecular weight is 339 g/mol. The number of ether oxygens (including phenoxy) is 1. The first-order valence-corrected chi connectivity index (χ1v) is 8.74. The molecule has 0 N–H and O–H groups in total. The molecule has 1 aliphatic rings. The van der Waals surface area contributed by atoms with E-state index in [2.05, 4.69) is 34.9 Å². The number of esters is 1. The maximum atomic E-state index is 12.3. The molecular weight excluding hydrogens is 322 g/mol. The van der Waals surface area contributed by atoms with Gasteiger partial charge in [0.15, 0.2) is 0 Å². The van der Waals surface area contributed by atoms with Gasteiger partial charge in [0.2, 0.25) is 6.23 Å². The molecule has 3 nitrogen and oxygen atoms in total. The van der Waals surface area contributed by atoms with Gasteiger partial charge in [0.25, 0.3) is 0 Å².